The fraction of sp³-hybridized carbons (Fsp3) is 0.143. The molecule has 0 saturated carbocycles. The van der Waals surface area contributed by atoms with E-state index < -0.39 is 11.9 Å². The Balaban J connectivity index is 1.29. The third-order valence-electron chi connectivity index (χ3n) is 4.18. The summed E-state index contributed by atoms with van der Waals surface area (Å²) in [6, 6.07) is 18.8. The highest BCUT2D eigenvalue weighted by molar-refractivity contribution is 5.93. The number of carbonyl (C=O) groups is 2. The number of hydrogen-bond acceptors (Lipinski definition) is 5. The first-order valence-electron chi connectivity index (χ1n) is 8.50. The number of carbonyl (C=O) groups excluding carboxylic acids is 2. The van der Waals surface area contributed by atoms with Crippen molar-refractivity contribution in [3.05, 3.63) is 66.2 Å². The largest absolute Gasteiger partial charge is 0.455 e. The molecule has 1 aliphatic rings. The first kappa shape index (κ1) is 16.9. The number of anilines is 1. The molecule has 0 saturated heterocycles. The third-order valence-corrected chi connectivity index (χ3v) is 4.18. The van der Waals surface area contributed by atoms with Crippen LogP contribution in [0, 0.1) is 0 Å². The predicted octanol–water partition coefficient (Wildman–Crippen LogP) is 3.29. The van der Waals surface area contributed by atoms with Gasteiger partial charge in [0.1, 0.15) is 0 Å². The number of benzene rings is 3. The van der Waals surface area contributed by atoms with E-state index in [1.807, 2.05) is 42.5 Å². The van der Waals surface area contributed by atoms with Crippen LogP contribution in [0.15, 0.2) is 60.7 Å². The third kappa shape index (κ3) is 4.00. The van der Waals surface area contributed by atoms with Gasteiger partial charge in [-0.1, -0.05) is 42.5 Å². The van der Waals surface area contributed by atoms with Crippen LogP contribution in [0.4, 0.5) is 5.69 Å². The molecule has 0 aromatic heterocycles. The van der Waals surface area contributed by atoms with E-state index >= 15 is 0 Å². The fourth-order valence-electron chi connectivity index (χ4n) is 2.88. The molecule has 1 N–H and O–H groups in total. The molecule has 6 nitrogen and oxygen atoms in total. The molecule has 0 unspecified atom stereocenters. The molecule has 1 aliphatic heterocycles. The minimum atomic E-state index is -0.453. The molecule has 0 atom stereocenters. The second-order valence-electron chi connectivity index (χ2n) is 6.14. The van der Waals surface area contributed by atoms with Crippen molar-refractivity contribution in [2.24, 2.45) is 0 Å². The maximum Gasteiger partial charge on any atom is 0.310 e. The first-order valence-corrected chi connectivity index (χ1v) is 8.50. The van der Waals surface area contributed by atoms with Crippen molar-refractivity contribution >= 4 is 28.3 Å². The summed E-state index contributed by atoms with van der Waals surface area (Å²) >= 11 is 0. The van der Waals surface area contributed by atoms with E-state index in [2.05, 4.69) is 5.32 Å². The zero-order valence-electron chi connectivity index (χ0n) is 14.4. The monoisotopic (exact) mass is 363 g/mol. The number of hydrogen-bond donors (Lipinski definition) is 1. The van der Waals surface area contributed by atoms with Gasteiger partial charge in [0.15, 0.2) is 18.1 Å². The SMILES string of the molecule is O=C(COC(=O)Cc1ccc2ccccc2c1)Nc1ccc2c(c1)OCO2. The number of ether oxygens (including phenoxy) is 3. The van der Waals surface area contributed by atoms with Gasteiger partial charge in [0.05, 0.1) is 6.42 Å². The Morgan fingerprint density at radius 3 is 2.63 bits per heavy atom. The summed E-state index contributed by atoms with van der Waals surface area (Å²) in [5.41, 5.74) is 1.39. The van der Waals surface area contributed by atoms with Crippen LogP contribution in [0.5, 0.6) is 11.5 Å². The molecule has 27 heavy (non-hydrogen) atoms. The average molecular weight is 363 g/mol. The number of amides is 1. The zero-order chi connectivity index (χ0) is 18.6. The van der Waals surface area contributed by atoms with Crippen LogP contribution >= 0.6 is 0 Å². The van der Waals surface area contributed by atoms with Crippen molar-refractivity contribution in [2.45, 2.75) is 6.42 Å². The summed E-state index contributed by atoms with van der Waals surface area (Å²) in [5.74, 6) is 0.336. The molecule has 0 bridgehead atoms. The highest BCUT2D eigenvalue weighted by Gasteiger charge is 2.15. The first-order chi connectivity index (χ1) is 13.2. The predicted molar refractivity (Wildman–Crippen MR) is 99.8 cm³/mol. The van der Waals surface area contributed by atoms with Crippen molar-refractivity contribution in [3.8, 4) is 11.5 Å². The standard InChI is InChI=1S/C21H17NO5/c23-20(22-17-7-8-18-19(11-17)27-13-26-18)12-25-21(24)10-14-5-6-15-3-1-2-4-16(15)9-14/h1-9,11H,10,12-13H2,(H,22,23). The van der Waals surface area contributed by atoms with Gasteiger partial charge in [-0.25, -0.2) is 0 Å². The van der Waals surface area contributed by atoms with Crippen molar-refractivity contribution in [3.63, 3.8) is 0 Å². The van der Waals surface area contributed by atoms with Gasteiger partial charge < -0.3 is 19.5 Å². The van der Waals surface area contributed by atoms with Crippen LogP contribution in [0.2, 0.25) is 0 Å². The highest BCUT2D eigenvalue weighted by atomic mass is 16.7. The Labute approximate surface area is 155 Å². The van der Waals surface area contributed by atoms with Crippen molar-refractivity contribution < 1.29 is 23.8 Å². The van der Waals surface area contributed by atoms with Crippen LogP contribution < -0.4 is 14.8 Å². The molecule has 6 heteroatoms. The van der Waals surface area contributed by atoms with E-state index in [0.29, 0.717) is 17.2 Å². The Hall–Kier alpha value is -3.54. The van der Waals surface area contributed by atoms with Crippen LogP contribution in [-0.4, -0.2) is 25.3 Å². The minimum absolute atomic E-state index is 0.113. The molecular weight excluding hydrogens is 346 g/mol. The molecule has 1 amide bonds. The normalized spacial score (nSPS) is 12.0. The van der Waals surface area contributed by atoms with E-state index in [4.69, 9.17) is 14.2 Å². The lowest BCUT2D eigenvalue weighted by Gasteiger charge is -2.08. The topological polar surface area (TPSA) is 73.9 Å². The van der Waals surface area contributed by atoms with Crippen molar-refractivity contribution in [1.82, 2.24) is 0 Å². The molecule has 4 rings (SSSR count). The van der Waals surface area contributed by atoms with Crippen LogP contribution in [0.25, 0.3) is 10.8 Å². The minimum Gasteiger partial charge on any atom is -0.455 e. The van der Waals surface area contributed by atoms with Gasteiger partial charge in [-0.15, -0.1) is 0 Å². The van der Waals surface area contributed by atoms with Crippen molar-refractivity contribution in [1.29, 1.82) is 0 Å². The molecule has 1 heterocycles. The van der Waals surface area contributed by atoms with Gasteiger partial charge in [0, 0.05) is 11.8 Å². The fourth-order valence-corrected chi connectivity index (χ4v) is 2.88. The lowest BCUT2D eigenvalue weighted by molar-refractivity contribution is -0.146. The summed E-state index contributed by atoms with van der Waals surface area (Å²) in [7, 11) is 0. The molecule has 3 aromatic rings. The number of rotatable bonds is 5. The number of esters is 1. The van der Waals surface area contributed by atoms with Gasteiger partial charge in [-0.05, 0) is 28.5 Å². The van der Waals surface area contributed by atoms with E-state index in [-0.39, 0.29) is 19.8 Å². The van der Waals surface area contributed by atoms with Gasteiger partial charge in [0.2, 0.25) is 6.79 Å². The molecular formula is C21H17NO5. The average Bonchev–Trinajstić information content (AvgIpc) is 3.14. The van der Waals surface area contributed by atoms with Gasteiger partial charge in [0.25, 0.3) is 5.91 Å². The summed E-state index contributed by atoms with van der Waals surface area (Å²) in [4.78, 5) is 24.0. The summed E-state index contributed by atoms with van der Waals surface area (Å²) < 4.78 is 15.6. The van der Waals surface area contributed by atoms with Gasteiger partial charge in [-0.3, -0.25) is 9.59 Å². The maximum atomic E-state index is 12.0. The number of fused-ring (bicyclic) bond motifs is 2. The van der Waals surface area contributed by atoms with Crippen LogP contribution in [0.3, 0.4) is 0 Å². The molecule has 3 aromatic carbocycles. The van der Waals surface area contributed by atoms with Gasteiger partial charge in [-0.2, -0.15) is 0 Å². The molecule has 0 radical (unpaired) electrons. The molecule has 0 aliphatic carbocycles. The number of nitrogens with one attached hydrogen (secondary N) is 1. The maximum absolute atomic E-state index is 12.0. The second kappa shape index (κ2) is 7.37. The molecule has 0 spiro atoms. The van der Waals surface area contributed by atoms with E-state index in [0.717, 1.165) is 16.3 Å². The smallest absolute Gasteiger partial charge is 0.310 e. The van der Waals surface area contributed by atoms with E-state index in [1.54, 1.807) is 18.2 Å². The van der Waals surface area contributed by atoms with E-state index in [9.17, 15) is 9.59 Å². The van der Waals surface area contributed by atoms with Crippen LogP contribution in [0.1, 0.15) is 5.56 Å². The second-order valence-corrected chi connectivity index (χ2v) is 6.14. The van der Waals surface area contributed by atoms with Crippen LogP contribution in [-0.2, 0) is 20.7 Å². The molecule has 136 valence electrons. The lowest BCUT2D eigenvalue weighted by Crippen LogP contribution is -2.21. The summed E-state index contributed by atoms with van der Waals surface area (Å²) in [5, 5.41) is 4.83. The lowest BCUT2D eigenvalue weighted by atomic mass is 10.1. The Kier molecular flexibility index (Phi) is 4.61. The van der Waals surface area contributed by atoms with Crippen molar-refractivity contribution in [2.75, 3.05) is 18.7 Å². The quantitative estimate of drug-likeness (QED) is 0.704. The zero-order valence-corrected chi connectivity index (χ0v) is 14.4. The highest BCUT2D eigenvalue weighted by Crippen LogP contribution is 2.34. The Morgan fingerprint density at radius 2 is 1.74 bits per heavy atom. The Morgan fingerprint density at radius 1 is 0.926 bits per heavy atom. The Bertz CT molecular complexity index is 1010. The van der Waals surface area contributed by atoms with Gasteiger partial charge >= 0.3 is 5.97 Å². The summed E-state index contributed by atoms with van der Waals surface area (Å²) in [6.45, 7) is -0.181. The summed E-state index contributed by atoms with van der Waals surface area (Å²) in [6.07, 6.45) is 0.113. The molecule has 0 fully saturated rings. The van der Waals surface area contributed by atoms with E-state index in [1.165, 1.54) is 0 Å².